The minimum atomic E-state index is -0.630. The summed E-state index contributed by atoms with van der Waals surface area (Å²) in [6.07, 6.45) is 0. The van der Waals surface area contributed by atoms with E-state index in [-0.39, 0.29) is 0 Å². The summed E-state index contributed by atoms with van der Waals surface area (Å²) in [5.74, 6) is 1.77. The number of aromatic nitrogens is 1. The van der Waals surface area contributed by atoms with Crippen LogP contribution in [0.4, 0.5) is 17.1 Å². The van der Waals surface area contributed by atoms with Gasteiger partial charge in [0, 0.05) is 54.3 Å². The number of rotatable bonds is 4. The lowest BCUT2D eigenvalue weighted by Crippen LogP contribution is -2.32. The average Bonchev–Trinajstić information content (AvgIpc) is 4.04. The number of ether oxygens (including phenoxy) is 1. The van der Waals surface area contributed by atoms with Crippen molar-refractivity contribution in [2.24, 2.45) is 0 Å². The van der Waals surface area contributed by atoms with Crippen molar-refractivity contribution in [3.63, 3.8) is 0 Å². The van der Waals surface area contributed by atoms with Gasteiger partial charge in [0.1, 0.15) is 11.5 Å². The largest absolute Gasteiger partial charge is 0.457 e. The lowest BCUT2D eigenvalue weighted by Gasteiger charge is -2.40. The highest BCUT2D eigenvalue weighted by Gasteiger charge is 2.53. The monoisotopic (exact) mass is 934 g/mol. The Bertz CT molecular complexity index is 4170. The second-order valence-corrected chi connectivity index (χ2v) is 20.5. The number of anilines is 3. The van der Waals surface area contributed by atoms with Crippen molar-refractivity contribution >= 4 is 50.6 Å². The molecule has 0 N–H and O–H groups in total. The van der Waals surface area contributed by atoms with E-state index in [1.165, 1.54) is 87.2 Å². The maximum Gasteiger partial charge on any atom is 0.132 e. The Labute approximate surface area is 421 Å². The third kappa shape index (κ3) is 5.11. The quantitative estimate of drug-likeness (QED) is 0.175. The SMILES string of the molecule is c1ccc(-n2c3ccccc3c3cc(N(c4ccc5c(c4)C4(c6ccccc6Oc6ccccc64)c4ccccc4-5)c4cccc5c4-c4ccccc4C54c5ccccc5Sc5ccccc54)ccc32)cc1. The Kier molecular flexibility index (Phi) is 8.24. The molecular formula is C68H42N2OS. The van der Waals surface area contributed by atoms with Gasteiger partial charge in [0.2, 0.25) is 0 Å². The van der Waals surface area contributed by atoms with E-state index in [9.17, 15) is 0 Å². The fraction of sp³-hybridized carbons (Fsp3) is 0.0294. The Morgan fingerprint density at radius 2 is 0.861 bits per heavy atom. The first-order valence-electron chi connectivity index (χ1n) is 24.8. The van der Waals surface area contributed by atoms with Gasteiger partial charge >= 0.3 is 0 Å². The van der Waals surface area contributed by atoms with E-state index in [1.54, 1.807) is 0 Å². The highest BCUT2D eigenvalue weighted by Crippen LogP contribution is 2.66. The zero-order chi connectivity index (χ0) is 47.1. The number of hydrogen-bond donors (Lipinski definition) is 0. The number of hydrogen-bond acceptors (Lipinski definition) is 3. The van der Waals surface area contributed by atoms with Gasteiger partial charge in [0.25, 0.3) is 0 Å². The molecule has 4 heteroatoms. The van der Waals surface area contributed by atoms with Crippen LogP contribution in [0.15, 0.2) is 265 Å². The van der Waals surface area contributed by atoms with E-state index in [2.05, 4.69) is 264 Å². The van der Waals surface area contributed by atoms with Crippen LogP contribution in [-0.4, -0.2) is 4.57 Å². The van der Waals surface area contributed by atoms with Gasteiger partial charge in [-0.25, -0.2) is 0 Å². The van der Waals surface area contributed by atoms with Crippen molar-refractivity contribution in [3.8, 4) is 39.4 Å². The summed E-state index contributed by atoms with van der Waals surface area (Å²) in [7, 11) is 0. The summed E-state index contributed by atoms with van der Waals surface area (Å²) in [4.78, 5) is 5.15. The molecule has 16 rings (SSSR count). The predicted molar refractivity (Wildman–Crippen MR) is 294 cm³/mol. The van der Waals surface area contributed by atoms with Gasteiger partial charge in [-0.15, -0.1) is 0 Å². The fourth-order valence-electron chi connectivity index (χ4n) is 13.4. The van der Waals surface area contributed by atoms with Crippen molar-refractivity contribution in [1.29, 1.82) is 0 Å². The number of para-hydroxylation sites is 4. The second-order valence-electron chi connectivity index (χ2n) is 19.4. The molecule has 336 valence electrons. The van der Waals surface area contributed by atoms with Gasteiger partial charge < -0.3 is 14.2 Å². The second kappa shape index (κ2) is 14.8. The van der Waals surface area contributed by atoms with Gasteiger partial charge in [-0.3, -0.25) is 0 Å². The highest BCUT2D eigenvalue weighted by atomic mass is 32.2. The first-order valence-corrected chi connectivity index (χ1v) is 25.6. The zero-order valence-electron chi connectivity index (χ0n) is 39.0. The summed E-state index contributed by atoms with van der Waals surface area (Å²) < 4.78 is 9.20. The van der Waals surface area contributed by atoms with Crippen LogP contribution in [0.3, 0.4) is 0 Å². The lowest BCUT2D eigenvalue weighted by molar-refractivity contribution is 0.436. The molecule has 3 heterocycles. The standard InChI is InChI=1S/C68H42N2OS/c1-2-19-43(20-3-1)70-59-31-13-6-22-48(59)50-41-44(38-40-60(50)70)69(45-37-39-47-46-21-4-7-24-51(46)67(58(47)42-45)53-26-9-14-33-62(53)71-63-34-15-10-27-54(63)67)61-32-18-30-57-66(61)49-23-5-8-25-52(49)68(57)55-28-11-16-35-64(55)72-65-36-17-12-29-56(65)68/h1-42H. The molecule has 0 saturated carbocycles. The Balaban J connectivity index is 1.02. The lowest BCUT2D eigenvalue weighted by atomic mass is 9.66. The van der Waals surface area contributed by atoms with Gasteiger partial charge in [-0.2, -0.15) is 0 Å². The smallest absolute Gasteiger partial charge is 0.132 e. The molecule has 0 atom stereocenters. The topological polar surface area (TPSA) is 17.4 Å². The van der Waals surface area contributed by atoms with Crippen molar-refractivity contribution in [3.05, 3.63) is 299 Å². The molecule has 72 heavy (non-hydrogen) atoms. The Hall–Kier alpha value is -8.83. The van der Waals surface area contributed by atoms with Gasteiger partial charge in [-0.05, 0) is 129 Å². The molecule has 0 unspecified atom stereocenters. The van der Waals surface area contributed by atoms with Crippen LogP contribution in [0, 0.1) is 0 Å². The maximum absolute atomic E-state index is 6.80. The first kappa shape index (κ1) is 40.0. The van der Waals surface area contributed by atoms with E-state index in [0.29, 0.717) is 0 Å². The molecule has 1 aromatic heterocycles. The fourth-order valence-corrected chi connectivity index (χ4v) is 14.6. The van der Waals surface area contributed by atoms with Crippen LogP contribution in [0.5, 0.6) is 11.5 Å². The van der Waals surface area contributed by atoms with Crippen molar-refractivity contribution in [1.82, 2.24) is 4.57 Å². The first-order chi connectivity index (χ1) is 35.7. The normalized spacial score (nSPS) is 14.4. The predicted octanol–water partition coefficient (Wildman–Crippen LogP) is 17.5. The minimum Gasteiger partial charge on any atom is -0.457 e. The summed E-state index contributed by atoms with van der Waals surface area (Å²) >= 11 is 1.88. The molecule has 0 amide bonds. The molecule has 4 aliphatic rings. The summed E-state index contributed by atoms with van der Waals surface area (Å²) in [5.41, 5.74) is 20.7. The van der Waals surface area contributed by atoms with E-state index in [4.69, 9.17) is 4.74 Å². The molecule has 11 aromatic carbocycles. The molecule has 3 nitrogen and oxygen atoms in total. The van der Waals surface area contributed by atoms with Crippen LogP contribution < -0.4 is 9.64 Å². The van der Waals surface area contributed by atoms with Crippen molar-refractivity contribution < 1.29 is 4.74 Å². The van der Waals surface area contributed by atoms with Gasteiger partial charge in [0.05, 0.1) is 27.6 Å². The third-order valence-corrected chi connectivity index (χ3v) is 17.3. The number of benzene rings is 11. The molecule has 2 aliphatic carbocycles. The van der Waals surface area contributed by atoms with E-state index in [0.717, 1.165) is 45.4 Å². The third-order valence-electron chi connectivity index (χ3n) is 16.1. The Morgan fingerprint density at radius 3 is 1.60 bits per heavy atom. The molecule has 0 bridgehead atoms. The summed E-state index contributed by atoms with van der Waals surface area (Å²) in [6.45, 7) is 0. The number of nitrogens with zero attached hydrogens (tertiary/aromatic N) is 2. The van der Waals surface area contributed by atoms with E-state index < -0.39 is 10.8 Å². The number of fused-ring (bicyclic) bond motifs is 21. The van der Waals surface area contributed by atoms with Crippen molar-refractivity contribution in [2.75, 3.05) is 4.90 Å². The molecular weight excluding hydrogens is 893 g/mol. The van der Waals surface area contributed by atoms with Gasteiger partial charge in [0.15, 0.2) is 0 Å². The van der Waals surface area contributed by atoms with Gasteiger partial charge in [-0.1, -0.05) is 188 Å². The highest BCUT2D eigenvalue weighted by molar-refractivity contribution is 7.99. The van der Waals surface area contributed by atoms with Crippen molar-refractivity contribution in [2.45, 2.75) is 20.6 Å². The molecule has 2 spiro atoms. The summed E-state index contributed by atoms with van der Waals surface area (Å²) in [6, 6.07) is 94.7. The van der Waals surface area contributed by atoms with Crippen LogP contribution in [0.1, 0.15) is 44.5 Å². The molecule has 2 aliphatic heterocycles. The minimum absolute atomic E-state index is 0.530. The zero-order valence-corrected chi connectivity index (χ0v) is 39.8. The van der Waals surface area contributed by atoms with Crippen LogP contribution in [0.25, 0.3) is 49.7 Å². The van der Waals surface area contributed by atoms with E-state index >= 15 is 0 Å². The average molecular weight is 935 g/mol. The summed E-state index contributed by atoms with van der Waals surface area (Å²) in [5, 5.41) is 2.42. The van der Waals surface area contributed by atoms with Crippen LogP contribution in [0.2, 0.25) is 0 Å². The maximum atomic E-state index is 6.80. The molecule has 0 saturated heterocycles. The molecule has 12 aromatic rings. The van der Waals surface area contributed by atoms with Crippen LogP contribution in [-0.2, 0) is 10.8 Å². The van der Waals surface area contributed by atoms with Crippen LogP contribution >= 0.6 is 11.8 Å². The molecule has 0 fully saturated rings. The van der Waals surface area contributed by atoms with E-state index in [1.807, 2.05) is 11.8 Å². The Morgan fingerprint density at radius 1 is 0.347 bits per heavy atom. The molecule has 0 radical (unpaired) electrons.